The van der Waals surface area contributed by atoms with Gasteiger partial charge in [-0.15, -0.1) is 0 Å². The first-order chi connectivity index (χ1) is 12.5. The van der Waals surface area contributed by atoms with Gasteiger partial charge in [-0.3, -0.25) is 0 Å². The molecule has 0 aliphatic carbocycles. The van der Waals surface area contributed by atoms with Gasteiger partial charge in [0.15, 0.2) is 5.11 Å². The maximum atomic E-state index is 5.88. The van der Waals surface area contributed by atoms with E-state index in [0.29, 0.717) is 18.3 Å². The molecule has 138 valence electrons. The predicted octanol–water partition coefficient (Wildman–Crippen LogP) is 4.51. The Morgan fingerprint density at radius 3 is 2.77 bits per heavy atom. The standard InChI is InChI=1S/C21H26N2O2S/c1-5-24-19-10-16-9-15(4)25-20(16)11-17(19)12-22-21(26)23-18-7-6-13(2)14(3)8-18/h6-8,10-11,15H,5,9,12H2,1-4H3,(H2,22,23,26)/t15-/m1/s1. The van der Waals surface area contributed by atoms with Crippen LogP contribution in [0.5, 0.6) is 11.5 Å². The van der Waals surface area contributed by atoms with Crippen LogP contribution in [0.2, 0.25) is 0 Å². The quantitative estimate of drug-likeness (QED) is 0.758. The summed E-state index contributed by atoms with van der Waals surface area (Å²) >= 11 is 5.44. The lowest BCUT2D eigenvalue weighted by atomic mass is 10.1. The Balaban J connectivity index is 1.67. The van der Waals surface area contributed by atoms with Gasteiger partial charge in [-0.2, -0.15) is 0 Å². The van der Waals surface area contributed by atoms with Gasteiger partial charge in [0.1, 0.15) is 17.6 Å². The number of anilines is 1. The summed E-state index contributed by atoms with van der Waals surface area (Å²) in [5.74, 6) is 1.84. The number of nitrogens with one attached hydrogen (secondary N) is 2. The zero-order valence-electron chi connectivity index (χ0n) is 15.8. The second-order valence-electron chi connectivity index (χ2n) is 6.74. The van der Waals surface area contributed by atoms with Crippen molar-refractivity contribution in [1.29, 1.82) is 0 Å². The Hall–Kier alpha value is -2.27. The summed E-state index contributed by atoms with van der Waals surface area (Å²) in [5, 5.41) is 7.10. The van der Waals surface area contributed by atoms with Crippen molar-refractivity contribution in [3.05, 3.63) is 52.6 Å². The summed E-state index contributed by atoms with van der Waals surface area (Å²) in [6.07, 6.45) is 1.14. The predicted molar refractivity (Wildman–Crippen MR) is 110 cm³/mol. The Bertz CT molecular complexity index is 820. The fourth-order valence-electron chi connectivity index (χ4n) is 3.08. The highest BCUT2D eigenvalue weighted by Gasteiger charge is 2.21. The summed E-state index contributed by atoms with van der Waals surface area (Å²) in [5.41, 5.74) is 5.75. The number of benzene rings is 2. The van der Waals surface area contributed by atoms with E-state index < -0.39 is 0 Å². The molecule has 1 aliphatic heterocycles. The number of hydrogen-bond donors (Lipinski definition) is 2. The van der Waals surface area contributed by atoms with Gasteiger partial charge < -0.3 is 20.1 Å². The summed E-state index contributed by atoms with van der Waals surface area (Å²) in [4.78, 5) is 0. The molecule has 3 rings (SSSR count). The number of fused-ring (bicyclic) bond motifs is 1. The maximum absolute atomic E-state index is 5.88. The summed E-state index contributed by atoms with van der Waals surface area (Å²) in [7, 11) is 0. The van der Waals surface area contributed by atoms with Gasteiger partial charge in [0.05, 0.1) is 6.61 Å². The van der Waals surface area contributed by atoms with E-state index in [1.165, 1.54) is 16.7 Å². The van der Waals surface area contributed by atoms with Crippen molar-refractivity contribution in [1.82, 2.24) is 5.32 Å². The lowest BCUT2D eigenvalue weighted by Crippen LogP contribution is -2.28. The van der Waals surface area contributed by atoms with Crippen molar-refractivity contribution >= 4 is 23.0 Å². The van der Waals surface area contributed by atoms with Gasteiger partial charge in [-0.05, 0) is 75.3 Å². The monoisotopic (exact) mass is 370 g/mol. The Labute approximate surface area is 160 Å². The third-order valence-corrected chi connectivity index (χ3v) is 4.83. The van der Waals surface area contributed by atoms with E-state index in [1.54, 1.807) is 0 Å². The smallest absolute Gasteiger partial charge is 0.171 e. The largest absolute Gasteiger partial charge is 0.494 e. The highest BCUT2D eigenvalue weighted by Crippen LogP contribution is 2.35. The van der Waals surface area contributed by atoms with Crippen LogP contribution in [0, 0.1) is 13.8 Å². The van der Waals surface area contributed by atoms with Crippen LogP contribution in [0.15, 0.2) is 30.3 Å². The molecule has 2 aromatic rings. The molecular weight excluding hydrogens is 344 g/mol. The number of hydrogen-bond acceptors (Lipinski definition) is 3. The van der Waals surface area contributed by atoms with Crippen molar-refractivity contribution in [2.45, 2.75) is 46.8 Å². The first-order valence-electron chi connectivity index (χ1n) is 9.03. The minimum Gasteiger partial charge on any atom is -0.494 e. The third kappa shape index (κ3) is 4.28. The molecule has 0 unspecified atom stereocenters. The maximum Gasteiger partial charge on any atom is 0.171 e. The van der Waals surface area contributed by atoms with E-state index in [-0.39, 0.29) is 6.10 Å². The highest BCUT2D eigenvalue weighted by atomic mass is 32.1. The second-order valence-corrected chi connectivity index (χ2v) is 7.15. The van der Waals surface area contributed by atoms with Crippen LogP contribution in [-0.2, 0) is 13.0 Å². The molecule has 0 amide bonds. The molecule has 0 spiro atoms. The fraction of sp³-hybridized carbons (Fsp3) is 0.381. The van der Waals surface area contributed by atoms with Gasteiger partial charge in [0, 0.05) is 29.8 Å². The molecule has 0 radical (unpaired) electrons. The number of rotatable bonds is 5. The van der Waals surface area contributed by atoms with Crippen molar-refractivity contribution < 1.29 is 9.47 Å². The minimum absolute atomic E-state index is 0.218. The van der Waals surface area contributed by atoms with E-state index in [0.717, 1.165) is 29.2 Å². The van der Waals surface area contributed by atoms with Gasteiger partial charge in [0.25, 0.3) is 0 Å². The van der Waals surface area contributed by atoms with E-state index in [4.69, 9.17) is 21.7 Å². The lowest BCUT2D eigenvalue weighted by molar-refractivity contribution is 0.254. The molecule has 5 heteroatoms. The van der Waals surface area contributed by atoms with Crippen LogP contribution >= 0.6 is 12.2 Å². The first kappa shape index (κ1) is 18.5. The molecule has 1 heterocycles. The van der Waals surface area contributed by atoms with Crippen molar-refractivity contribution in [3.8, 4) is 11.5 Å². The third-order valence-electron chi connectivity index (χ3n) is 4.58. The summed E-state index contributed by atoms with van der Waals surface area (Å²) < 4.78 is 11.7. The van der Waals surface area contributed by atoms with Crippen LogP contribution in [0.3, 0.4) is 0 Å². The topological polar surface area (TPSA) is 42.5 Å². The minimum atomic E-state index is 0.218. The molecule has 4 nitrogen and oxygen atoms in total. The van der Waals surface area contributed by atoms with Crippen LogP contribution in [0.25, 0.3) is 0 Å². The van der Waals surface area contributed by atoms with Gasteiger partial charge >= 0.3 is 0 Å². The molecule has 26 heavy (non-hydrogen) atoms. The van der Waals surface area contributed by atoms with E-state index in [9.17, 15) is 0 Å². The molecule has 1 atom stereocenters. The van der Waals surface area contributed by atoms with Crippen LogP contribution < -0.4 is 20.1 Å². The summed E-state index contributed by atoms with van der Waals surface area (Å²) in [6.45, 7) is 9.49. The molecule has 0 bridgehead atoms. The number of thiocarbonyl (C=S) groups is 1. The molecule has 1 aliphatic rings. The van der Waals surface area contributed by atoms with Crippen LogP contribution in [0.1, 0.15) is 36.1 Å². The lowest BCUT2D eigenvalue weighted by Gasteiger charge is -2.15. The molecule has 0 fully saturated rings. The van der Waals surface area contributed by atoms with Gasteiger partial charge in [-0.25, -0.2) is 0 Å². The number of ether oxygens (including phenoxy) is 2. The van der Waals surface area contributed by atoms with Crippen LogP contribution in [-0.4, -0.2) is 17.8 Å². The molecule has 0 saturated carbocycles. The highest BCUT2D eigenvalue weighted by molar-refractivity contribution is 7.80. The normalized spacial score (nSPS) is 15.2. The van der Waals surface area contributed by atoms with Crippen molar-refractivity contribution in [3.63, 3.8) is 0 Å². The average molecular weight is 371 g/mol. The molecule has 0 aromatic heterocycles. The van der Waals surface area contributed by atoms with E-state index >= 15 is 0 Å². The zero-order valence-corrected chi connectivity index (χ0v) is 16.6. The Morgan fingerprint density at radius 1 is 1.23 bits per heavy atom. The Kier molecular flexibility index (Phi) is 5.67. The van der Waals surface area contributed by atoms with E-state index in [1.807, 2.05) is 13.0 Å². The molecule has 2 N–H and O–H groups in total. The number of aryl methyl sites for hydroxylation is 2. The summed E-state index contributed by atoms with van der Waals surface area (Å²) in [6, 6.07) is 10.4. The Morgan fingerprint density at radius 2 is 2.04 bits per heavy atom. The molecular formula is C21H26N2O2S. The SMILES string of the molecule is CCOc1cc2c(cc1CNC(=S)Nc1ccc(C)c(C)c1)O[C@H](C)C2. The first-order valence-corrected chi connectivity index (χ1v) is 9.44. The van der Waals surface area contributed by atoms with Crippen LogP contribution in [0.4, 0.5) is 5.69 Å². The fourth-order valence-corrected chi connectivity index (χ4v) is 3.27. The van der Waals surface area contributed by atoms with Gasteiger partial charge in [-0.1, -0.05) is 6.07 Å². The molecule has 2 aromatic carbocycles. The second kappa shape index (κ2) is 7.96. The zero-order chi connectivity index (χ0) is 18.7. The van der Waals surface area contributed by atoms with Crippen molar-refractivity contribution in [2.24, 2.45) is 0 Å². The van der Waals surface area contributed by atoms with E-state index in [2.05, 4.69) is 55.7 Å². The van der Waals surface area contributed by atoms with Crippen molar-refractivity contribution in [2.75, 3.05) is 11.9 Å². The van der Waals surface area contributed by atoms with Gasteiger partial charge in [0.2, 0.25) is 0 Å². The average Bonchev–Trinajstić information content (AvgIpc) is 2.95. The molecule has 0 saturated heterocycles.